The minimum absolute atomic E-state index is 0.0591. The van der Waals surface area contributed by atoms with Crippen LogP contribution in [0.25, 0.3) is 0 Å². The quantitative estimate of drug-likeness (QED) is 0.761. The molecule has 6 heteroatoms. The minimum Gasteiger partial charge on any atom is -0.395 e. The number of halogens is 3. The highest BCUT2D eigenvalue weighted by Gasteiger charge is 2.33. The van der Waals surface area contributed by atoms with Crippen molar-refractivity contribution >= 4 is 0 Å². The summed E-state index contributed by atoms with van der Waals surface area (Å²) in [6.45, 7) is 3.09. The van der Waals surface area contributed by atoms with Gasteiger partial charge in [0.2, 0.25) is 0 Å². The molecule has 1 heterocycles. The Labute approximate surface area is 87.5 Å². The second-order valence-corrected chi connectivity index (χ2v) is 3.96. The molecular formula is C9H17F3N2O. The Balaban J connectivity index is 2.37. The summed E-state index contributed by atoms with van der Waals surface area (Å²) in [5, 5.41) is 8.75. The van der Waals surface area contributed by atoms with Crippen molar-refractivity contribution < 1.29 is 18.3 Å². The Morgan fingerprint density at radius 1 is 1.33 bits per heavy atom. The lowest BCUT2D eigenvalue weighted by atomic mass is 10.2. The van der Waals surface area contributed by atoms with Gasteiger partial charge in [0.1, 0.15) is 0 Å². The van der Waals surface area contributed by atoms with Crippen LogP contribution in [0.1, 0.15) is 6.92 Å². The van der Waals surface area contributed by atoms with E-state index in [9.17, 15) is 13.2 Å². The van der Waals surface area contributed by atoms with Crippen molar-refractivity contribution in [2.45, 2.75) is 19.1 Å². The first-order chi connectivity index (χ1) is 6.92. The number of hydrogen-bond acceptors (Lipinski definition) is 3. The summed E-state index contributed by atoms with van der Waals surface area (Å²) < 4.78 is 36.4. The molecule has 1 N–H and O–H groups in total. The van der Waals surface area contributed by atoms with Gasteiger partial charge >= 0.3 is 6.18 Å². The lowest BCUT2D eigenvalue weighted by Crippen LogP contribution is -2.54. The summed E-state index contributed by atoms with van der Waals surface area (Å²) in [5.41, 5.74) is 0. The second-order valence-electron chi connectivity index (χ2n) is 3.96. The van der Waals surface area contributed by atoms with E-state index in [-0.39, 0.29) is 12.6 Å². The number of aliphatic hydroxyl groups is 1. The number of rotatable bonds is 3. The van der Waals surface area contributed by atoms with Gasteiger partial charge < -0.3 is 5.11 Å². The maximum Gasteiger partial charge on any atom is 0.401 e. The maximum absolute atomic E-state index is 12.1. The number of alkyl halides is 3. The van der Waals surface area contributed by atoms with Gasteiger partial charge in [-0.15, -0.1) is 0 Å². The molecule has 0 aromatic rings. The van der Waals surface area contributed by atoms with E-state index >= 15 is 0 Å². The molecule has 1 aliphatic heterocycles. The van der Waals surface area contributed by atoms with Crippen molar-refractivity contribution in [1.29, 1.82) is 0 Å². The number of nitrogens with zero attached hydrogens (tertiary/aromatic N) is 2. The summed E-state index contributed by atoms with van der Waals surface area (Å²) in [6, 6.07) is 0.0771. The highest BCUT2D eigenvalue weighted by Crippen LogP contribution is 2.18. The second kappa shape index (κ2) is 5.14. The first-order valence-corrected chi connectivity index (χ1v) is 5.06. The average Bonchev–Trinajstić information content (AvgIpc) is 2.07. The van der Waals surface area contributed by atoms with Crippen LogP contribution in [0, 0.1) is 0 Å². The molecule has 0 radical (unpaired) electrons. The molecule has 1 aliphatic rings. The smallest absolute Gasteiger partial charge is 0.395 e. The van der Waals surface area contributed by atoms with Gasteiger partial charge in [-0.25, -0.2) is 0 Å². The van der Waals surface area contributed by atoms with Crippen LogP contribution in [0.2, 0.25) is 0 Å². The van der Waals surface area contributed by atoms with E-state index in [1.807, 2.05) is 11.8 Å². The summed E-state index contributed by atoms with van der Waals surface area (Å²) in [5.74, 6) is 0. The van der Waals surface area contributed by atoms with Gasteiger partial charge in [-0.05, 0) is 6.92 Å². The van der Waals surface area contributed by atoms with Gasteiger partial charge in [-0.3, -0.25) is 9.80 Å². The summed E-state index contributed by atoms with van der Waals surface area (Å²) in [4.78, 5) is 3.42. The zero-order chi connectivity index (χ0) is 11.5. The SMILES string of the molecule is C[C@@H]1CN(CC(F)(F)F)CCN1CCO. The molecule has 90 valence electrons. The molecule has 3 nitrogen and oxygen atoms in total. The van der Waals surface area contributed by atoms with E-state index in [1.54, 1.807) is 0 Å². The molecule has 1 saturated heterocycles. The predicted molar refractivity (Wildman–Crippen MR) is 50.6 cm³/mol. The van der Waals surface area contributed by atoms with Crippen molar-refractivity contribution in [3.05, 3.63) is 0 Å². The highest BCUT2D eigenvalue weighted by atomic mass is 19.4. The van der Waals surface area contributed by atoms with Gasteiger partial charge in [-0.2, -0.15) is 13.2 Å². The molecule has 1 atom stereocenters. The van der Waals surface area contributed by atoms with Crippen molar-refractivity contribution in [3.8, 4) is 0 Å². The van der Waals surface area contributed by atoms with Crippen LogP contribution in [0.3, 0.4) is 0 Å². The van der Waals surface area contributed by atoms with Crippen molar-refractivity contribution in [1.82, 2.24) is 9.80 Å². The van der Waals surface area contributed by atoms with E-state index < -0.39 is 12.7 Å². The Hall–Kier alpha value is -0.330. The standard InChI is InChI=1S/C9H17F3N2O/c1-8-6-13(7-9(10,11)12)2-3-14(8)4-5-15/h8,15H,2-7H2,1H3/t8-/m1/s1. The van der Waals surface area contributed by atoms with Crippen LogP contribution in [-0.2, 0) is 0 Å². The number of aliphatic hydroxyl groups excluding tert-OH is 1. The third-order valence-electron chi connectivity index (χ3n) is 2.64. The fourth-order valence-electron chi connectivity index (χ4n) is 1.93. The first kappa shape index (κ1) is 12.7. The molecule has 1 rings (SSSR count). The van der Waals surface area contributed by atoms with E-state index in [0.29, 0.717) is 26.2 Å². The summed E-state index contributed by atoms with van der Waals surface area (Å²) in [6.07, 6.45) is -4.11. The van der Waals surface area contributed by atoms with Crippen LogP contribution < -0.4 is 0 Å². The van der Waals surface area contributed by atoms with E-state index in [1.165, 1.54) is 4.90 Å². The van der Waals surface area contributed by atoms with Crippen LogP contribution in [0.5, 0.6) is 0 Å². The third kappa shape index (κ3) is 4.36. The van der Waals surface area contributed by atoms with E-state index in [0.717, 1.165) is 0 Å². The molecular weight excluding hydrogens is 209 g/mol. The lowest BCUT2D eigenvalue weighted by Gasteiger charge is -2.39. The molecule has 0 unspecified atom stereocenters. The molecule has 0 aliphatic carbocycles. The largest absolute Gasteiger partial charge is 0.401 e. The number of hydrogen-bond donors (Lipinski definition) is 1. The molecule has 0 aromatic carbocycles. The zero-order valence-electron chi connectivity index (χ0n) is 8.80. The van der Waals surface area contributed by atoms with Gasteiger partial charge in [0.05, 0.1) is 13.2 Å². The third-order valence-corrected chi connectivity index (χ3v) is 2.64. The van der Waals surface area contributed by atoms with E-state index in [4.69, 9.17) is 5.11 Å². The molecule has 0 saturated carbocycles. The number of piperazine rings is 1. The van der Waals surface area contributed by atoms with Crippen LogP contribution in [-0.4, -0.2) is 66.5 Å². The highest BCUT2D eigenvalue weighted by molar-refractivity contribution is 4.79. The Morgan fingerprint density at radius 2 is 2.00 bits per heavy atom. The van der Waals surface area contributed by atoms with Crippen molar-refractivity contribution in [3.63, 3.8) is 0 Å². The molecule has 0 bridgehead atoms. The van der Waals surface area contributed by atoms with Crippen molar-refractivity contribution in [2.24, 2.45) is 0 Å². The molecule has 0 spiro atoms. The molecule has 0 amide bonds. The Kier molecular flexibility index (Phi) is 4.36. The monoisotopic (exact) mass is 226 g/mol. The van der Waals surface area contributed by atoms with Gasteiger partial charge in [-0.1, -0.05) is 0 Å². The van der Waals surface area contributed by atoms with E-state index in [2.05, 4.69) is 0 Å². The fourth-order valence-corrected chi connectivity index (χ4v) is 1.93. The first-order valence-electron chi connectivity index (χ1n) is 5.06. The molecule has 15 heavy (non-hydrogen) atoms. The van der Waals surface area contributed by atoms with Crippen molar-refractivity contribution in [2.75, 3.05) is 39.3 Å². The van der Waals surface area contributed by atoms with Crippen LogP contribution in [0.15, 0.2) is 0 Å². The summed E-state index contributed by atoms with van der Waals surface area (Å²) in [7, 11) is 0. The minimum atomic E-state index is -4.11. The van der Waals surface area contributed by atoms with Gasteiger partial charge in [0.25, 0.3) is 0 Å². The maximum atomic E-state index is 12.1. The number of β-amino-alcohol motifs (C(OH)–C–C–N with tert-alkyl or cyclic N) is 1. The normalized spacial score (nSPS) is 25.8. The van der Waals surface area contributed by atoms with Gasteiger partial charge in [0, 0.05) is 32.2 Å². The lowest BCUT2D eigenvalue weighted by molar-refractivity contribution is -0.151. The fraction of sp³-hybridized carbons (Fsp3) is 1.00. The molecule has 1 fully saturated rings. The van der Waals surface area contributed by atoms with Gasteiger partial charge in [0.15, 0.2) is 0 Å². The van der Waals surface area contributed by atoms with Crippen LogP contribution >= 0.6 is 0 Å². The average molecular weight is 226 g/mol. The molecule has 0 aromatic heterocycles. The Morgan fingerprint density at radius 3 is 2.47 bits per heavy atom. The zero-order valence-corrected chi connectivity index (χ0v) is 8.80. The van der Waals surface area contributed by atoms with Crippen LogP contribution in [0.4, 0.5) is 13.2 Å². The summed E-state index contributed by atoms with van der Waals surface area (Å²) >= 11 is 0. The topological polar surface area (TPSA) is 26.7 Å². The Bertz CT molecular complexity index is 198. The predicted octanol–water partition coefficient (Wildman–Crippen LogP) is 0.547.